The zero-order valence-corrected chi connectivity index (χ0v) is 17.4. The summed E-state index contributed by atoms with van der Waals surface area (Å²) in [7, 11) is 0.567. The molecule has 2 aromatic carbocycles. The molecule has 4 aromatic rings. The quantitative estimate of drug-likeness (QED) is 0.503. The highest BCUT2D eigenvalue weighted by atomic mass is 32.2. The van der Waals surface area contributed by atoms with Crippen LogP contribution in [-0.2, 0) is 24.1 Å². The minimum atomic E-state index is -3.23. The second-order valence-corrected chi connectivity index (χ2v) is 8.55. The third kappa shape index (κ3) is 4.09. The third-order valence-corrected chi connectivity index (χ3v) is 5.00. The number of nitrogens with two attached hydrogens (primary N) is 1. The number of nitrogen functional groups attached to an aromatic ring is 1. The molecule has 0 spiro atoms. The van der Waals surface area contributed by atoms with Crippen molar-refractivity contribution in [3.8, 4) is 0 Å². The molecule has 0 bridgehead atoms. The molecule has 9 heteroatoms. The maximum Gasteiger partial charge on any atom is 0.229 e. The molecule has 0 amide bonds. The van der Waals surface area contributed by atoms with E-state index < -0.39 is 10.0 Å². The summed E-state index contributed by atoms with van der Waals surface area (Å²) in [5.74, 6) is 0. The second-order valence-electron chi connectivity index (χ2n) is 6.80. The summed E-state index contributed by atoms with van der Waals surface area (Å²) in [5, 5.41) is 10.7. The van der Waals surface area contributed by atoms with Gasteiger partial charge in [0.1, 0.15) is 0 Å². The Bertz CT molecular complexity index is 1270. The molecule has 0 aliphatic heterocycles. The molecule has 0 unspecified atom stereocenters. The Hall–Kier alpha value is -3.07. The van der Waals surface area contributed by atoms with E-state index in [1.54, 1.807) is 16.8 Å². The van der Waals surface area contributed by atoms with Crippen LogP contribution < -0.4 is 10.5 Å². The van der Waals surface area contributed by atoms with E-state index in [0.29, 0.717) is 5.69 Å². The molecule has 0 radical (unpaired) electrons. The maximum absolute atomic E-state index is 11.1. The van der Waals surface area contributed by atoms with Crippen molar-refractivity contribution in [1.29, 1.82) is 0 Å². The smallest absolute Gasteiger partial charge is 0.229 e. The van der Waals surface area contributed by atoms with E-state index in [2.05, 4.69) is 14.9 Å². The van der Waals surface area contributed by atoms with Crippen LogP contribution in [0.2, 0.25) is 0 Å². The fourth-order valence-electron chi connectivity index (χ4n) is 3.18. The predicted octanol–water partition coefficient (Wildman–Crippen LogP) is 2.72. The van der Waals surface area contributed by atoms with Crippen LogP contribution in [0.4, 0.5) is 11.4 Å². The summed E-state index contributed by atoms with van der Waals surface area (Å²) in [6, 6.07) is 11.2. The summed E-state index contributed by atoms with van der Waals surface area (Å²) >= 11 is 0. The fraction of sp³-hybridized carbons (Fsp3) is 0.263. The molecule has 0 saturated carbocycles. The Morgan fingerprint density at radius 2 is 1.39 bits per heavy atom. The fourth-order valence-corrected chi connectivity index (χ4v) is 3.73. The van der Waals surface area contributed by atoms with E-state index in [1.165, 1.54) is 0 Å². The van der Waals surface area contributed by atoms with Crippen molar-refractivity contribution < 1.29 is 8.42 Å². The van der Waals surface area contributed by atoms with Crippen LogP contribution in [-0.4, -0.2) is 34.2 Å². The summed E-state index contributed by atoms with van der Waals surface area (Å²) in [5.41, 5.74) is 11.0. The van der Waals surface area contributed by atoms with E-state index in [1.807, 2.05) is 56.9 Å². The first-order chi connectivity index (χ1) is 13.0. The summed E-state index contributed by atoms with van der Waals surface area (Å²) in [6.45, 7) is 3.88. The molecule has 4 rings (SSSR count). The SMILES string of the molecule is Cc1nn(C)c2ccc(N)cc12.Cc1nn(C)c2ccc(NS(C)(=O)=O)cc12. The van der Waals surface area contributed by atoms with Crippen molar-refractivity contribution in [3.63, 3.8) is 0 Å². The minimum Gasteiger partial charge on any atom is -0.399 e. The first-order valence-corrected chi connectivity index (χ1v) is 10.5. The Balaban J connectivity index is 0.000000167. The van der Waals surface area contributed by atoms with Crippen LogP contribution in [0.15, 0.2) is 36.4 Å². The number of aromatic nitrogens is 4. The van der Waals surface area contributed by atoms with Crippen molar-refractivity contribution in [2.24, 2.45) is 14.1 Å². The molecule has 0 aliphatic carbocycles. The molecule has 0 aliphatic rings. The summed E-state index contributed by atoms with van der Waals surface area (Å²) in [6.07, 6.45) is 1.13. The largest absolute Gasteiger partial charge is 0.399 e. The number of nitrogens with one attached hydrogen (secondary N) is 1. The van der Waals surface area contributed by atoms with Gasteiger partial charge in [0, 0.05) is 36.2 Å². The van der Waals surface area contributed by atoms with Gasteiger partial charge in [-0.2, -0.15) is 10.2 Å². The molecule has 0 fully saturated rings. The predicted molar refractivity (Wildman–Crippen MR) is 114 cm³/mol. The lowest BCUT2D eigenvalue weighted by Gasteiger charge is -2.03. The van der Waals surface area contributed by atoms with E-state index in [9.17, 15) is 8.42 Å². The number of sulfonamides is 1. The highest BCUT2D eigenvalue weighted by molar-refractivity contribution is 7.92. The lowest BCUT2D eigenvalue weighted by molar-refractivity contribution is 0.607. The average molecular weight is 401 g/mol. The van der Waals surface area contributed by atoms with Gasteiger partial charge in [-0.1, -0.05) is 0 Å². The topological polar surface area (TPSA) is 108 Å². The number of hydrogen-bond donors (Lipinski definition) is 2. The Morgan fingerprint density at radius 3 is 1.93 bits per heavy atom. The number of rotatable bonds is 2. The monoisotopic (exact) mass is 400 g/mol. The number of fused-ring (bicyclic) bond motifs is 2. The zero-order chi connectivity index (χ0) is 20.6. The van der Waals surface area contributed by atoms with E-state index in [-0.39, 0.29) is 0 Å². The van der Waals surface area contributed by atoms with Gasteiger partial charge in [-0.05, 0) is 50.2 Å². The van der Waals surface area contributed by atoms with Crippen LogP contribution in [0.3, 0.4) is 0 Å². The van der Waals surface area contributed by atoms with Crippen molar-refractivity contribution in [1.82, 2.24) is 19.6 Å². The normalized spacial score (nSPS) is 11.5. The van der Waals surface area contributed by atoms with Gasteiger partial charge < -0.3 is 5.73 Å². The van der Waals surface area contributed by atoms with Crippen LogP contribution in [0.25, 0.3) is 21.8 Å². The van der Waals surface area contributed by atoms with Gasteiger partial charge >= 0.3 is 0 Å². The van der Waals surface area contributed by atoms with Gasteiger partial charge in [0.25, 0.3) is 0 Å². The number of hydrogen-bond acceptors (Lipinski definition) is 5. The second kappa shape index (κ2) is 7.16. The standard InChI is InChI=1S/C10H13N3O2S.C9H11N3/c1-7-9-6-8(12-16(3,14)15)4-5-10(9)13(2)11-7;1-6-8-5-7(10)3-4-9(8)12(2)11-6/h4-6,12H,1-3H3;3-5H,10H2,1-2H3. The molecule has 148 valence electrons. The van der Waals surface area contributed by atoms with Crippen molar-refractivity contribution in [2.45, 2.75) is 13.8 Å². The third-order valence-electron chi connectivity index (χ3n) is 4.40. The number of benzene rings is 2. The van der Waals surface area contributed by atoms with Gasteiger partial charge in [-0.15, -0.1) is 0 Å². The molecule has 0 saturated heterocycles. The average Bonchev–Trinajstić information content (AvgIpc) is 3.02. The van der Waals surface area contributed by atoms with Crippen molar-refractivity contribution in [3.05, 3.63) is 47.8 Å². The first kappa shape index (κ1) is 19.7. The van der Waals surface area contributed by atoms with Gasteiger partial charge in [-0.25, -0.2) is 8.42 Å². The van der Waals surface area contributed by atoms with Gasteiger partial charge in [0.2, 0.25) is 10.0 Å². The zero-order valence-electron chi connectivity index (χ0n) is 16.6. The Kier molecular flexibility index (Phi) is 5.03. The first-order valence-electron chi connectivity index (χ1n) is 8.65. The van der Waals surface area contributed by atoms with Crippen molar-refractivity contribution in [2.75, 3.05) is 16.7 Å². The van der Waals surface area contributed by atoms with Crippen LogP contribution >= 0.6 is 0 Å². The highest BCUT2D eigenvalue weighted by Crippen LogP contribution is 2.22. The number of anilines is 2. The van der Waals surface area contributed by atoms with Gasteiger partial charge in [-0.3, -0.25) is 14.1 Å². The summed E-state index contributed by atoms with van der Waals surface area (Å²) in [4.78, 5) is 0. The summed E-state index contributed by atoms with van der Waals surface area (Å²) < 4.78 is 28.3. The molecule has 2 heterocycles. The Morgan fingerprint density at radius 1 is 0.893 bits per heavy atom. The molecule has 2 aromatic heterocycles. The molecule has 3 N–H and O–H groups in total. The van der Waals surface area contributed by atoms with E-state index in [0.717, 1.165) is 45.1 Å². The molecule has 28 heavy (non-hydrogen) atoms. The van der Waals surface area contributed by atoms with E-state index in [4.69, 9.17) is 5.73 Å². The van der Waals surface area contributed by atoms with Crippen LogP contribution in [0.5, 0.6) is 0 Å². The van der Waals surface area contributed by atoms with Crippen LogP contribution in [0.1, 0.15) is 11.4 Å². The van der Waals surface area contributed by atoms with Crippen LogP contribution in [0, 0.1) is 13.8 Å². The van der Waals surface area contributed by atoms with E-state index >= 15 is 0 Å². The Labute approximate surface area is 164 Å². The maximum atomic E-state index is 11.1. The molecule has 0 atom stereocenters. The lowest BCUT2D eigenvalue weighted by Crippen LogP contribution is -2.09. The van der Waals surface area contributed by atoms with Crippen molar-refractivity contribution >= 4 is 43.2 Å². The lowest BCUT2D eigenvalue weighted by atomic mass is 10.2. The van der Waals surface area contributed by atoms with Gasteiger partial charge in [0.05, 0.1) is 28.7 Å². The molecular weight excluding hydrogens is 376 g/mol. The minimum absolute atomic E-state index is 0.561. The van der Waals surface area contributed by atoms with Gasteiger partial charge in [0.15, 0.2) is 0 Å². The number of nitrogens with zero attached hydrogens (tertiary/aromatic N) is 4. The highest BCUT2D eigenvalue weighted by Gasteiger charge is 2.07. The molecule has 8 nitrogen and oxygen atoms in total. The molecular formula is C19H24N6O2S. The number of aryl methyl sites for hydroxylation is 4.